The van der Waals surface area contributed by atoms with Crippen molar-refractivity contribution < 1.29 is 35.1 Å². The maximum atomic E-state index is 12.3. The highest BCUT2D eigenvalue weighted by Gasteiger charge is 2.53. The molecule has 0 saturated carbocycles. The van der Waals surface area contributed by atoms with Crippen molar-refractivity contribution in [3.8, 4) is 0 Å². The summed E-state index contributed by atoms with van der Waals surface area (Å²) in [7, 11) is 0. The predicted octanol–water partition coefficient (Wildman–Crippen LogP) is 11.3. The Morgan fingerprint density at radius 3 is 1.18 bits per heavy atom. The molecule has 33 heavy (non-hydrogen) atoms. The highest BCUT2D eigenvalue weighted by molar-refractivity contribution is 5.19. The molecule has 0 radical (unpaired) electrons. The minimum atomic E-state index is -5.40. The van der Waals surface area contributed by atoms with Gasteiger partial charge in [-0.15, -0.1) is 0 Å². The van der Waals surface area contributed by atoms with Crippen LogP contribution in [-0.2, 0) is 0 Å². The second kappa shape index (κ2) is 25.3. The molecule has 0 N–H and O–H groups in total. The molecule has 0 aliphatic rings. The Labute approximate surface area is 199 Å². The van der Waals surface area contributed by atoms with Crippen LogP contribution in [0.5, 0.6) is 0 Å². The molecule has 0 fully saturated rings. The molecule has 0 aliphatic carbocycles. The van der Waals surface area contributed by atoms with Gasteiger partial charge < -0.3 is 0 Å². The Morgan fingerprint density at radius 2 is 1.03 bits per heavy atom. The van der Waals surface area contributed by atoms with E-state index in [2.05, 4.69) is 0 Å². The molecule has 1 rings (SSSR count). The van der Waals surface area contributed by atoms with E-state index in [1.54, 1.807) is 6.92 Å². The Hall–Kier alpha value is -1.34. The summed E-state index contributed by atoms with van der Waals surface area (Å²) in [6.07, 6.45) is -3.87. The van der Waals surface area contributed by atoms with Crippen molar-refractivity contribution in [3.63, 3.8) is 0 Å². The van der Waals surface area contributed by atoms with Gasteiger partial charge in [-0.2, -0.15) is 22.0 Å². The second-order valence-corrected chi connectivity index (χ2v) is 7.44. The van der Waals surface area contributed by atoms with Crippen LogP contribution in [-0.4, -0.2) is 32.1 Å². The molecule has 0 amide bonds. The molecule has 0 bridgehead atoms. The standard InChI is InChI=1S/C10H13F.C5H11F.C3H3F5.C3H7F.4CH4/c1-2-9(8-11)10-6-4-3-5-7-10;1-5(2,3)4-6;1-2(4,5)3(6,7)8;1-2-3-4;;;;/h3-7,9H,2,8H2,1H3;4H2,1-3H3;1H3;2-3H2,1H3;4*1H4. The monoisotopic (exact) mass is 502 g/mol. The molecule has 0 aliphatic heterocycles. The van der Waals surface area contributed by atoms with Gasteiger partial charge in [-0.05, 0) is 23.8 Å². The third-order valence-corrected chi connectivity index (χ3v) is 3.04. The van der Waals surface area contributed by atoms with Gasteiger partial charge in [0.25, 0.3) is 0 Å². The van der Waals surface area contributed by atoms with E-state index in [1.165, 1.54) is 0 Å². The van der Waals surface area contributed by atoms with Crippen molar-refractivity contribution in [3.05, 3.63) is 35.9 Å². The zero-order valence-corrected chi connectivity index (χ0v) is 18.0. The smallest absolute Gasteiger partial charge is 0.251 e. The van der Waals surface area contributed by atoms with Crippen molar-refractivity contribution in [2.24, 2.45) is 5.41 Å². The summed E-state index contributed by atoms with van der Waals surface area (Å²) in [4.78, 5) is 0. The van der Waals surface area contributed by atoms with E-state index in [4.69, 9.17) is 0 Å². The van der Waals surface area contributed by atoms with E-state index < -0.39 is 12.1 Å². The molecule has 206 valence electrons. The van der Waals surface area contributed by atoms with Crippen LogP contribution in [0.1, 0.15) is 95.6 Å². The molecule has 1 aromatic rings. The summed E-state index contributed by atoms with van der Waals surface area (Å²) in [5.74, 6) is -4.47. The fraction of sp³-hybridized carbons (Fsp3) is 0.760. The largest absolute Gasteiger partial charge is 0.452 e. The van der Waals surface area contributed by atoms with Crippen LogP contribution < -0.4 is 0 Å². The SMILES string of the molecule is C.C.C.C.CC(C)(C)CF.CC(F)(F)C(F)(F)F.CCC(CF)c1ccccc1.CCCF. The minimum Gasteiger partial charge on any atom is -0.251 e. The lowest BCUT2D eigenvalue weighted by molar-refractivity contribution is -0.273. The van der Waals surface area contributed by atoms with E-state index in [0.717, 1.165) is 12.0 Å². The van der Waals surface area contributed by atoms with Crippen LogP contribution in [0, 0.1) is 5.41 Å². The first-order chi connectivity index (χ1) is 13.1. The Balaban J connectivity index is -0.0000000556. The molecule has 0 spiro atoms. The van der Waals surface area contributed by atoms with E-state index in [-0.39, 0.29) is 68.0 Å². The molecule has 8 heteroatoms. The van der Waals surface area contributed by atoms with Gasteiger partial charge in [0.2, 0.25) is 0 Å². The van der Waals surface area contributed by atoms with Gasteiger partial charge in [-0.25, -0.2) is 0 Å². The van der Waals surface area contributed by atoms with E-state index in [9.17, 15) is 35.1 Å². The average Bonchev–Trinajstić information content (AvgIpc) is 2.63. The first-order valence-corrected chi connectivity index (χ1v) is 9.28. The first kappa shape index (κ1) is 48.9. The second-order valence-electron chi connectivity index (χ2n) is 7.44. The molecular formula is C25H50F8. The van der Waals surface area contributed by atoms with E-state index >= 15 is 0 Å². The maximum Gasteiger partial charge on any atom is 0.452 e. The van der Waals surface area contributed by atoms with E-state index in [1.807, 2.05) is 58.0 Å². The summed E-state index contributed by atoms with van der Waals surface area (Å²) in [5, 5.41) is 0. The first-order valence-electron chi connectivity index (χ1n) is 9.28. The highest BCUT2D eigenvalue weighted by Crippen LogP contribution is 2.34. The van der Waals surface area contributed by atoms with Crippen molar-refractivity contribution in [1.29, 1.82) is 0 Å². The third-order valence-electron chi connectivity index (χ3n) is 3.04. The van der Waals surface area contributed by atoms with Crippen LogP contribution in [0.15, 0.2) is 30.3 Å². The average molecular weight is 503 g/mol. The molecule has 0 aromatic heterocycles. The topological polar surface area (TPSA) is 0 Å². The van der Waals surface area contributed by atoms with Gasteiger partial charge >= 0.3 is 12.1 Å². The third kappa shape index (κ3) is 32.9. The number of rotatable bonds is 4. The van der Waals surface area contributed by atoms with Crippen LogP contribution in [0.25, 0.3) is 0 Å². The number of benzene rings is 1. The molecular weight excluding hydrogens is 452 g/mol. The summed E-state index contributed by atoms with van der Waals surface area (Å²) >= 11 is 0. The molecule has 0 nitrogen and oxygen atoms in total. The fourth-order valence-corrected chi connectivity index (χ4v) is 1.16. The maximum absolute atomic E-state index is 12.3. The highest BCUT2D eigenvalue weighted by atomic mass is 19.4. The number of alkyl halides is 8. The zero-order chi connectivity index (χ0) is 23.7. The van der Waals surface area contributed by atoms with Crippen LogP contribution in [0.4, 0.5) is 35.1 Å². The molecule has 0 heterocycles. The zero-order valence-electron chi connectivity index (χ0n) is 18.0. The van der Waals surface area contributed by atoms with Crippen molar-refractivity contribution in [1.82, 2.24) is 0 Å². The van der Waals surface area contributed by atoms with Crippen LogP contribution in [0.2, 0.25) is 0 Å². The normalized spacial score (nSPS) is 10.8. The molecule has 1 aromatic carbocycles. The van der Waals surface area contributed by atoms with Crippen LogP contribution in [0.3, 0.4) is 0 Å². The van der Waals surface area contributed by atoms with Crippen LogP contribution >= 0.6 is 0 Å². The van der Waals surface area contributed by atoms with Gasteiger partial charge in [-0.1, -0.05) is 94.7 Å². The summed E-state index contributed by atoms with van der Waals surface area (Å²) < 4.78 is 89.2. The van der Waals surface area contributed by atoms with Gasteiger partial charge in [0.15, 0.2) is 0 Å². The number of hydrogen-bond donors (Lipinski definition) is 0. The number of halogens is 8. The van der Waals surface area contributed by atoms with E-state index in [0.29, 0.717) is 6.42 Å². The van der Waals surface area contributed by atoms with Crippen molar-refractivity contribution in [2.45, 2.75) is 102 Å². The summed E-state index contributed by atoms with van der Waals surface area (Å²) in [5.41, 5.74) is 0.984. The molecule has 1 atom stereocenters. The van der Waals surface area contributed by atoms with Gasteiger partial charge in [0.1, 0.15) is 0 Å². The summed E-state index contributed by atoms with van der Waals surface area (Å²) in [6.45, 7) is 8.57. The lowest BCUT2D eigenvalue weighted by Crippen LogP contribution is -2.32. The fourth-order valence-electron chi connectivity index (χ4n) is 1.16. The minimum absolute atomic E-state index is 0. The van der Waals surface area contributed by atoms with Crippen molar-refractivity contribution in [2.75, 3.05) is 20.0 Å². The Kier molecular flexibility index (Phi) is 37.5. The predicted molar refractivity (Wildman–Crippen MR) is 131 cm³/mol. The Morgan fingerprint density at radius 1 is 0.727 bits per heavy atom. The van der Waals surface area contributed by atoms with Crippen molar-refractivity contribution >= 4 is 0 Å². The lowest BCUT2D eigenvalue weighted by atomic mass is 9.98. The molecule has 0 saturated heterocycles. The number of hydrogen-bond acceptors (Lipinski definition) is 0. The summed E-state index contributed by atoms with van der Waals surface area (Å²) in [6, 6.07) is 9.82. The lowest BCUT2D eigenvalue weighted by Gasteiger charge is -2.12. The van der Waals surface area contributed by atoms with Gasteiger partial charge in [0.05, 0.1) is 20.0 Å². The Bertz CT molecular complexity index is 442. The van der Waals surface area contributed by atoms with Gasteiger partial charge in [0, 0.05) is 12.8 Å². The van der Waals surface area contributed by atoms with Gasteiger partial charge in [-0.3, -0.25) is 13.2 Å². The quantitative estimate of drug-likeness (QED) is 0.359. The molecule has 1 unspecified atom stereocenters.